The van der Waals surface area contributed by atoms with Gasteiger partial charge in [0.05, 0.1) is 0 Å². The summed E-state index contributed by atoms with van der Waals surface area (Å²) in [5.74, 6) is 0. The lowest BCUT2D eigenvalue weighted by Crippen LogP contribution is -2.47. The molecule has 1 saturated heterocycles. The van der Waals surface area contributed by atoms with E-state index in [0.29, 0.717) is 0 Å². The molecule has 1 aliphatic rings. The van der Waals surface area contributed by atoms with Gasteiger partial charge >= 0.3 is 6.09 Å². The third kappa shape index (κ3) is 8.53. The van der Waals surface area contributed by atoms with Gasteiger partial charge in [-0.2, -0.15) is 0 Å². The third-order valence-electron chi connectivity index (χ3n) is 2.68. The Bertz CT molecular complexity index is 341. The predicted octanol–water partition coefficient (Wildman–Crippen LogP) is 2.95. The fraction of sp³-hybridized carbons (Fsp3) is 0.562. The van der Waals surface area contributed by atoms with Crippen LogP contribution in [0.1, 0.15) is 33.6 Å². The van der Waals surface area contributed by atoms with Crippen LogP contribution in [0.25, 0.3) is 0 Å². The molecule has 1 amide bonds. The van der Waals surface area contributed by atoms with Gasteiger partial charge in [-0.05, 0) is 40.2 Å². The van der Waals surface area contributed by atoms with Gasteiger partial charge in [-0.25, -0.2) is 4.79 Å². The molecule has 2 N–H and O–H groups in total. The molecule has 112 valence electrons. The second kappa shape index (κ2) is 8.59. The van der Waals surface area contributed by atoms with Gasteiger partial charge in [-0.3, -0.25) is 0 Å². The maximum absolute atomic E-state index is 11.4. The number of alkyl carbamates (subject to hydrolysis) is 1. The van der Waals surface area contributed by atoms with Gasteiger partial charge < -0.3 is 15.4 Å². The zero-order valence-electron chi connectivity index (χ0n) is 12.7. The van der Waals surface area contributed by atoms with Crippen molar-refractivity contribution >= 4 is 6.09 Å². The molecule has 2 rings (SSSR count). The molecular weight excluding hydrogens is 252 g/mol. The van der Waals surface area contributed by atoms with Crippen molar-refractivity contribution in [3.63, 3.8) is 0 Å². The highest BCUT2D eigenvalue weighted by Gasteiger charge is 2.20. The zero-order chi connectivity index (χ0) is 14.8. The molecule has 1 atom stereocenters. The molecule has 1 heterocycles. The Kier molecular flexibility index (Phi) is 7.09. The average Bonchev–Trinajstić information content (AvgIpc) is 2.40. The Morgan fingerprint density at radius 3 is 2.10 bits per heavy atom. The highest BCUT2D eigenvalue weighted by Crippen LogP contribution is 2.08. The molecule has 0 radical (unpaired) electrons. The van der Waals surface area contributed by atoms with E-state index in [1.807, 2.05) is 57.2 Å². The van der Waals surface area contributed by atoms with Gasteiger partial charge in [0.1, 0.15) is 5.60 Å². The summed E-state index contributed by atoms with van der Waals surface area (Å²) in [6, 6.07) is 12.2. The second-order valence-electron chi connectivity index (χ2n) is 5.84. The molecule has 0 aliphatic carbocycles. The molecule has 20 heavy (non-hydrogen) atoms. The molecule has 4 nitrogen and oxygen atoms in total. The molecule has 1 aromatic carbocycles. The van der Waals surface area contributed by atoms with Crippen LogP contribution in [0.4, 0.5) is 4.79 Å². The minimum Gasteiger partial charge on any atom is -0.444 e. The molecule has 0 spiro atoms. The van der Waals surface area contributed by atoms with Crippen LogP contribution in [0.5, 0.6) is 0 Å². The summed E-state index contributed by atoms with van der Waals surface area (Å²) < 4.78 is 5.16. The van der Waals surface area contributed by atoms with Gasteiger partial charge in [0.2, 0.25) is 0 Å². The van der Waals surface area contributed by atoms with Crippen LogP contribution in [0.2, 0.25) is 0 Å². The predicted molar refractivity (Wildman–Crippen MR) is 81.7 cm³/mol. The van der Waals surface area contributed by atoms with E-state index in [1.54, 1.807) is 0 Å². The average molecular weight is 278 g/mol. The Labute approximate surface area is 121 Å². The Hall–Kier alpha value is -1.55. The van der Waals surface area contributed by atoms with Crippen molar-refractivity contribution < 1.29 is 9.53 Å². The quantitative estimate of drug-likeness (QED) is 0.830. The van der Waals surface area contributed by atoms with E-state index in [1.165, 1.54) is 0 Å². The van der Waals surface area contributed by atoms with E-state index < -0.39 is 5.60 Å². The van der Waals surface area contributed by atoms with E-state index in [9.17, 15) is 4.79 Å². The number of benzene rings is 1. The molecule has 0 aromatic heterocycles. The minimum absolute atomic E-state index is 0.221. The van der Waals surface area contributed by atoms with Crippen LogP contribution < -0.4 is 10.6 Å². The van der Waals surface area contributed by atoms with E-state index in [0.717, 1.165) is 25.9 Å². The topological polar surface area (TPSA) is 50.4 Å². The minimum atomic E-state index is -0.411. The molecule has 1 aromatic rings. The first-order valence-electron chi connectivity index (χ1n) is 7.17. The number of nitrogens with one attached hydrogen (secondary N) is 2. The largest absolute Gasteiger partial charge is 0.444 e. The fourth-order valence-electron chi connectivity index (χ4n) is 1.83. The van der Waals surface area contributed by atoms with Crippen molar-refractivity contribution in [2.75, 3.05) is 13.1 Å². The molecule has 0 bridgehead atoms. The molecular formula is C16H26N2O2. The maximum Gasteiger partial charge on any atom is 0.407 e. The monoisotopic (exact) mass is 278 g/mol. The Morgan fingerprint density at radius 1 is 1.15 bits per heavy atom. The van der Waals surface area contributed by atoms with Crippen LogP contribution in [0.3, 0.4) is 0 Å². The first-order chi connectivity index (χ1) is 9.47. The Balaban J connectivity index is 0.000000276. The van der Waals surface area contributed by atoms with Crippen LogP contribution in [-0.2, 0) is 4.74 Å². The van der Waals surface area contributed by atoms with Crippen LogP contribution in [0.15, 0.2) is 36.4 Å². The van der Waals surface area contributed by atoms with Gasteiger partial charge in [0.25, 0.3) is 0 Å². The van der Waals surface area contributed by atoms with Gasteiger partial charge in [-0.1, -0.05) is 36.4 Å². The normalized spacial score (nSPS) is 18.4. The lowest BCUT2D eigenvalue weighted by molar-refractivity contribution is 0.0497. The number of hydrogen-bond donors (Lipinski definition) is 2. The van der Waals surface area contributed by atoms with Gasteiger partial charge in [-0.15, -0.1) is 0 Å². The van der Waals surface area contributed by atoms with Crippen molar-refractivity contribution in [1.29, 1.82) is 0 Å². The van der Waals surface area contributed by atoms with Gasteiger partial charge in [0, 0.05) is 12.6 Å². The number of amides is 1. The number of ether oxygens (including phenoxy) is 1. The number of piperidine rings is 1. The number of carbonyl (C=O) groups excluding carboxylic acids is 1. The summed E-state index contributed by atoms with van der Waals surface area (Å²) in [6.07, 6.45) is 1.83. The Morgan fingerprint density at radius 2 is 1.70 bits per heavy atom. The molecule has 4 heteroatoms. The smallest absolute Gasteiger partial charge is 0.407 e. The fourth-order valence-corrected chi connectivity index (χ4v) is 1.83. The van der Waals surface area contributed by atoms with E-state index in [4.69, 9.17) is 4.74 Å². The summed E-state index contributed by atoms with van der Waals surface area (Å²) in [7, 11) is 0. The van der Waals surface area contributed by atoms with E-state index in [-0.39, 0.29) is 12.1 Å². The van der Waals surface area contributed by atoms with Crippen molar-refractivity contribution in [3.05, 3.63) is 36.4 Å². The first-order valence-corrected chi connectivity index (χ1v) is 7.17. The van der Waals surface area contributed by atoms with Crippen LogP contribution >= 0.6 is 0 Å². The van der Waals surface area contributed by atoms with Crippen molar-refractivity contribution in [2.45, 2.75) is 45.3 Å². The third-order valence-corrected chi connectivity index (χ3v) is 2.68. The van der Waals surface area contributed by atoms with E-state index in [2.05, 4.69) is 10.6 Å². The zero-order valence-corrected chi connectivity index (χ0v) is 12.7. The van der Waals surface area contributed by atoms with Crippen molar-refractivity contribution in [3.8, 4) is 0 Å². The van der Waals surface area contributed by atoms with Gasteiger partial charge in [0.15, 0.2) is 0 Å². The van der Waals surface area contributed by atoms with E-state index >= 15 is 0 Å². The summed E-state index contributed by atoms with van der Waals surface area (Å²) >= 11 is 0. The summed E-state index contributed by atoms with van der Waals surface area (Å²) in [5.41, 5.74) is -0.411. The first kappa shape index (κ1) is 16.5. The summed E-state index contributed by atoms with van der Waals surface area (Å²) in [6.45, 7) is 7.49. The van der Waals surface area contributed by atoms with Crippen LogP contribution in [0, 0.1) is 0 Å². The highest BCUT2D eigenvalue weighted by atomic mass is 16.6. The number of rotatable bonds is 1. The lowest BCUT2D eigenvalue weighted by atomic mass is 10.1. The molecule has 1 unspecified atom stereocenters. The highest BCUT2D eigenvalue weighted by molar-refractivity contribution is 5.68. The molecule has 0 saturated carbocycles. The van der Waals surface area contributed by atoms with Crippen molar-refractivity contribution in [2.24, 2.45) is 0 Å². The maximum atomic E-state index is 11.4. The summed E-state index contributed by atoms with van der Waals surface area (Å²) in [5, 5.41) is 6.08. The van der Waals surface area contributed by atoms with Crippen LogP contribution in [-0.4, -0.2) is 30.8 Å². The SMILES string of the molecule is CC(C)(C)OC(=O)NC1CCCNC1.c1ccccc1. The molecule has 1 aliphatic heterocycles. The molecule has 1 fully saturated rings. The lowest BCUT2D eigenvalue weighted by Gasteiger charge is -2.26. The number of hydrogen-bond acceptors (Lipinski definition) is 3. The standard InChI is InChI=1S/C10H20N2O2.C6H6/c1-10(2,3)14-9(13)12-8-5-4-6-11-7-8;1-2-4-6-5-3-1/h8,11H,4-7H2,1-3H3,(H,12,13);1-6H. The summed E-state index contributed by atoms with van der Waals surface area (Å²) in [4.78, 5) is 11.4. The second-order valence-corrected chi connectivity index (χ2v) is 5.84. The number of carbonyl (C=O) groups is 1. The van der Waals surface area contributed by atoms with Crippen molar-refractivity contribution in [1.82, 2.24) is 10.6 Å².